The van der Waals surface area contributed by atoms with Gasteiger partial charge in [-0.25, -0.2) is 9.79 Å². The molecule has 4 rings (SSSR count). The number of esters is 1. The SMILES string of the molecule is COc1cc(OC)cc(C2=NC(=Cc3ccc4c(c3)OCCO4)C(=O)O2)c1. The molecule has 0 unspecified atom stereocenters. The summed E-state index contributed by atoms with van der Waals surface area (Å²) < 4.78 is 26.9. The molecule has 2 aliphatic rings. The van der Waals surface area contributed by atoms with Crippen LogP contribution in [0.5, 0.6) is 23.0 Å². The van der Waals surface area contributed by atoms with Crippen molar-refractivity contribution in [3.63, 3.8) is 0 Å². The number of ether oxygens (including phenoxy) is 5. The molecule has 0 aliphatic carbocycles. The van der Waals surface area contributed by atoms with Gasteiger partial charge in [0.05, 0.1) is 14.2 Å². The number of rotatable bonds is 4. The smallest absolute Gasteiger partial charge is 0.363 e. The number of benzene rings is 2. The minimum absolute atomic E-state index is 0.195. The predicted molar refractivity (Wildman–Crippen MR) is 97.6 cm³/mol. The molecule has 0 radical (unpaired) electrons. The normalized spacial score (nSPS) is 16.7. The number of cyclic esters (lactones) is 1. The average Bonchev–Trinajstić information content (AvgIpc) is 3.07. The van der Waals surface area contributed by atoms with Gasteiger partial charge in [0.25, 0.3) is 0 Å². The highest BCUT2D eigenvalue weighted by atomic mass is 16.6. The van der Waals surface area contributed by atoms with Crippen molar-refractivity contribution >= 4 is 17.9 Å². The first-order valence-corrected chi connectivity index (χ1v) is 8.32. The van der Waals surface area contributed by atoms with Crippen molar-refractivity contribution in [3.8, 4) is 23.0 Å². The standard InChI is InChI=1S/C20H17NO6/c1-23-14-9-13(10-15(11-14)24-2)19-21-16(20(22)27-19)7-12-3-4-17-18(8-12)26-6-5-25-17/h3-4,7-11H,5-6H2,1-2H3. The molecule has 0 spiro atoms. The maximum absolute atomic E-state index is 12.2. The zero-order chi connectivity index (χ0) is 18.8. The van der Waals surface area contributed by atoms with Gasteiger partial charge >= 0.3 is 5.97 Å². The first-order valence-electron chi connectivity index (χ1n) is 8.32. The van der Waals surface area contributed by atoms with E-state index in [1.165, 1.54) is 0 Å². The van der Waals surface area contributed by atoms with Gasteiger partial charge in [0.15, 0.2) is 17.2 Å². The molecule has 27 heavy (non-hydrogen) atoms. The van der Waals surface area contributed by atoms with Crippen LogP contribution in [-0.2, 0) is 9.53 Å². The number of carbonyl (C=O) groups excluding carboxylic acids is 1. The molecule has 0 bridgehead atoms. The molecule has 0 N–H and O–H groups in total. The second kappa shape index (κ2) is 7.03. The zero-order valence-electron chi connectivity index (χ0n) is 14.9. The molecule has 0 amide bonds. The van der Waals surface area contributed by atoms with E-state index in [0.29, 0.717) is 41.8 Å². The van der Waals surface area contributed by atoms with Gasteiger partial charge in [0.1, 0.15) is 24.7 Å². The molecular weight excluding hydrogens is 350 g/mol. The van der Waals surface area contributed by atoms with E-state index in [1.807, 2.05) is 6.07 Å². The minimum Gasteiger partial charge on any atom is -0.497 e. The van der Waals surface area contributed by atoms with E-state index in [4.69, 9.17) is 23.7 Å². The van der Waals surface area contributed by atoms with Crippen molar-refractivity contribution in [3.05, 3.63) is 53.2 Å². The Balaban J connectivity index is 1.66. The highest BCUT2D eigenvalue weighted by molar-refractivity contribution is 6.13. The lowest BCUT2D eigenvalue weighted by Crippen LogP contribution is -2.15. The van der Waals surface area contributed by atoms with E-state index >= 15 is 0 Å². The van der Waals surface area contributed by atoms with Gasteiger partial charge in [-0.05, 0) is 35.9 Å². The summed E-state index contributed by atoms with van der Waals surface area (Å²) in [5.74, 6) is 2.15. The molecule has 0 saturated heterocycles. The molecule has 7 heteroatoms. The number of hydrogen-bond donors (Lipinski definition) is 0. The van der Waals surface area contributed by atoms with Crippen molar-refractivity contribution in [2.24, 2.45) is 4.99 Å². The van der Waals surface area contributed by atoms with E-state index < -0.39 is 5.97 Å². The molecule has 7 nitrogen and oxygen atoms in total. The van der Waals surface area contributed by atoms with E-state index in [1.54, 1.807) is 50.6 Å². The van der Waals surface area contributed by atoms with Crippen molar-refractivity contribution < 1.29 is 28.5 Å². The zero-order valence-corrected chi connectivity index (χ0v) is 14.9. The molecule has 0 aromatic heterocycles. The molecule has 2 heterocycles. The summed E-state index contributed by atoms with van der Waals surface area (Å²) in [5, 5.41) is 0. The Labute approximate surface area is 155 Å². The monoisotopic (exact) mass is 367 g/mol. The molecule has 2 aliphatic heterocycles. The second-order valence-electron chi connectivity index (χ2n) is 5.84. The molecule has 2 aromatic rings. The van der Waals surface area contributed by atoms with E-state index in [2.05, 4.69) is 4.99 Å². The Morgan fingerprint density at radius 1 is 0.963 bits per heavy atom. The van der Waals surface area contributed by atoms with Gasteiger partial charge < -0.3 is 23.7 Å². The van der Waals surface area contributed by atoms with E-state index in [-0.39, 0.29) is 11.6 Å². The Kier molecular flexibility index (Phi) is 4.42. The topological polar surface area (TPSA) is 75.6 Å². The van der Waals surface area contributed by atoms with Gasteiger partial charge in [-0.2, -0.15) is 0 Å². The molecular formula is C20H17NO6. The van der Waals surface area contributed by atoms with Crippen LogP contribution < -0.4 is 18.9 Å². The van der Waals surface area contributed by atoms with Crippen molar-refractivity contribution in [2.75, 3.05) is 27.4 Å². The quantitative estimate of drug-likeness (QED) is 0.611. The van der Waals surface area contributed by atoms with Gasteiger partial charge in [-0.15, -0.1) is 0 Å². The molecule has 0 saturated carbocycles. The third kappa shape index (κ3) is 3.44. The number of carbonyl (C=O) groups is 1. The third-order valence-corrected chi connectivity index (χ3v) is 4.09. The maximum Gasteiger partial charge on any atom is 0.363 e. The fourth-order valence-electron chi connectivity index (χ4n) is 2.77. The highest BCUT2D eigenvalue weighted by Gasteiger charge is 2.25. The number of hydrogen-bond acceptors (Lipinski definition) is 7. The lowest BCUT2D eigenvalue weighted by atomic mass is 10.1. The van der Waals surface area contributed by atoms with Crippen LogP contribution in [0, 0.1) is 0 Å². The lowest BCUT2D eigenvalue weighted by Gasteiger charge is -2.18. The summed E-state index contributed by atoms with van der Waals surface area (Å²) in [5.41, 5.74) is 1.55. The number of aliphatic imine (C=N–C) groups is 1. The third-order valence-electron chi connectivity index (χ3n) is 4.09. The summed E-state index contributed by atoms with van der Waals surface area (Å²) in [6.07, 6.45) is 1.64. The van der Waals surface area contributed by atoms with E-state index in [0.717, 1.165) is 5.56 Å². The van der Waals surface area contributed by atoms with Gasteiger partial charge in [0.2, 0.25) is 5.90 Å². The summed E-state index contributed by atoms with van der Waals surface area (Å²) in [4.78, 5) is 16.6. The van der Waals surface area contributed by atoms with Crippen LogP contribution in [0.25, 0.3) is 6.08 Å². The Morgan fingerprint density at radius 2 is 1.67 bits per heavy atom. The second-order valence-corrected chi connectivity index (χ2v) is 5.84. The highest BCUT2D eigenvalue weighted by Crippen LogP contribution is 2.32. The number of methoxy groups -OCH3 is 2. The molecule has 0 fully saturated rings. The first kappa shape index (κ1) is 17.0. The van der Waals surface area contributed by atoms with Crippen molar-refractivity contribution in [1.29, 1.82) is 0 Å². The first-order chi connectivity index (χ1) is 13.2. The van der Waals surface area contributed by atoms with E-state index in [9.17, 15) is 4.79 Å². The average molecular weight is 367 g/mol. The summed E-state index contributed by atoms with van der Waals surface area (Å²) >= 11 is 0. The maximum atomic E-state index is 12.2. The Hall–Kier alpha value is -3.48. The van der Waals surface area contributed by atoms with Crippen LogP contribution in [-0.4, -0.2) is 39.3 Å². The summed E-state index contributed by atoms with van der Waals surface area (Å²) in [7, 11) is 3.10. The van der Waals surface area contributed by atoms with Crippen LogP contribution in [0.3, 0.4) is 0 Å². The fourth-order valence-corrected chi connectivity index (χ4v) is 2.77. The van der Waals surface area contributed by atoms with Crippen molar-refractivity contribution in [1.82, 2.24) is 0 Å². The summed E-state index contributed by atoms with van der Waals surface area (Å²) in [6.45, 7) is 1.02. The summed E-state index contributed by atoms with van der Waals surface area (Å²) in [6, 6.07) is 10.6. The predicted octanol–water partition coefficient (Wildman–Crippen LogP) is 2.82. The van der Waals surface area contributed by atoms with Crippen LogP contribution >= 0.6 is 0 Å². The van der Waals surface area contributed by atoms with Gasteiger partial charge in [0, 0.05) is 11.6 Å². The Bertz CT molecular complexity index is 941. The minimum atomic E-state index is -0.526. The number of nitrogens with zero attached hydrogens (tertiary/aromatic N) is 1. The molecule has 138 valence electrons. The van der Waals surface area contributed by atoms with Crippen LogP contribution in [0.15, 0.2) is 47.1 Å². The van der Waals surface area contributed by atoms with Crippen LogP contribution in [0.4, 0.5) is 0 Å². The largest absolute Gasteiger partial charge is 0.497 e. The van der Waals surface area contributed by atoms with Gasteiger partial charge in [-0.3, -0.25) is 0 Å². The lowest BCUT2D eigenvalue weighted by molar-refractivity contribution is -0.129. The van der Waals surface area contributed by atoms with Crippen LogP contribution in [0.1, 0.15) is 11.1 Å². The number of fused-ring (bicyclic) bond motifs is 1. The molecule has 2 aromatic carbocycles. The van der Waals surface area contributed by atoms with Crippen LogP contribution in [0.2, 0.25) is 0 Å². The van der Waals surface area contributed by atoms with Crippen molar-refractivity contribution in [2.45, 2.75) is 0 Å². The Morgan fingerprint density at radius 3 is 2.37 bits per heavy atom. The fraction of sp³-hybridized carbons (Fsp3) is 0.200. The molecule has 0 atom stereocenters. The van der Waals surface area contributed by atoms with Gasteiger partial charge in [-0.1, -0.05) is 6.07 Å².